The molecule has 9 N–H and O–H groups in total. The molecule has 0 fully saturated rings. The van der Waals surface area contributed by atoms with Crippen LogP contribution in [-0.2, 0) is 33.9 Å². The first kappa shape index (κ1) is 42.9. The van der Waals surface area contributed by atoms with Crippen molar-refractivity contribution in [3.05, 3.63) is 107 Å². The smallest absolute Gasteiger partial charge is 0.335 e. The second-order valence-electron chi connectivity index (χ2n) is 14.5. The number of pyridine rings is 1. The summed E-state index contributed by atoms with van der Waals surface area (Å²) in [6.07, 6.45) is 6.30. The number of aromatic carboxylic acids is 1. The number of aromatic amines is 1. The number of para-hydroxylation sites is 1. The van der Waals surface area contributed by atoms with Crippen LogP contribution in [0.2, 0.25) is 0 Å². The number of carboxylic acids is 1. The average Bonchev–Trinajstić information content (AvgIpc) is 3.66. The van der Waals surface area contributed by atoms with E-state index in [1.54, 1.807) is 44.6 Å². The quantitative estimate of drug-likeness (QED) is 0.0864. The molecular formula is C44H52N8O6S. The Hall–Kier alpha value is -5.74. The summed E-state index contributed by atoms with van der Waals surface area (Å²) >= 11 is 1.37. The van der Waals surface area contributed by atoms with Gasteiger partial charge in [-0.15, -0.1) is 0 Å². The molecule has 6 rings (SSSR count). The van der Waals surface area contributed by atoms with E-state index in [4.69, 9.17) is 21.2 Å². The van der Waals surface area contributed by atoms with Crippen molar-refractivity contribution in [2.45, 2.75) is 79.7 Å². The van der Waals surface area contributed by atoms with Gasteiger partial charge in [-0.3, -0.25) is 14.4 Å². The van der Waals surface area contributed by atoms with Crippen LogP contribution in [0.15, 0.2) is 95.1 Å². The molecule has 1 aliphatic rings. The minimum atomic E-state index is -1.04. The van der Waals surface area contributed by atoms with E-state index in [-0.39, 0.29) is 31.0 Å². The number of nitrogens with zero attached hydrogens (tertiary/aromatic N) is 2. The number of rotatable bonds is 12. The number of aromatic nitrogens is 2. The molecule has 3 atom stereocenters. The number of H-pyrrole nitrogens is 1. The Morgan fingerprint density at radius 3 is 2.42 bits per heavy atom. The van der Waals surface area contributed by atoms with Crippen molar-refractivity contribution in [1.82, 2.24) is 30.8 Å². The predicted molar refractivity (Wildman–Crippen MR) is 228 cm³/mol. The molecule has 0 radical (unpaired) electrons. The number of methoxy groups -OCH3 is 1. The van der Waals surface area contributed by atoms with Gasteiger partial charge < -0.3 is 47.1 Å². The molecule has 14 nitrogen and oxygen atoms in total. The van der Waals surface area contributed by atoms with Gasteiger partial charge in [0.25, 0.3) is 0 Å². The number of benzene rings is 3. The zero-order valence-electron chi connectivity index (χ0n) is 33.3. The van der Waals surface area contributed by atoms with E-state index in [0.29, 0.717) is 66.4 Å². The summed E-state index contributed by atoms with van der Waals surface area (Å²) in [5.41, 5.74) is 16.6. The van der Waals surface area contributed by atoms with Crippen LogP contribution in [0.3, 0.4) is 0 Å². The average molecular weight is 821 g/mol. The molecule has 3 aromatic carbocycles. The van der Waals surface area contributed by atoms with Crippen LogP contribution in [0.25, 0.3) is 22.0 Å². The maximum absolute atomic E-state index is 14.8. The van der Waals surface area contributed by atoms with Crippen molar-refractivity contribution in [2.24, 2.45) is 11.5 Å². The summed E-state index contributed by atoms with van der Waals surface area (Å²) in [6.45, 7) is 1.12. The fourth-order valence-electron chi connectivity index (χ4n) is 7.38. The molecule has 1 aliphatic heterocycles. The van der Waals surface area contributed by atoms with Gasteiger partial charge in [-0.05, 0) is 103 Å². The zero-order chi connectivity index (χ0) is 41.9. The Labute approximate surface area is 347 Å². The number of carboxylic acid groups (broad SMARTS) is 1. The van der Waals surface area contributed by atoms with E-state index in [1.165, 1.54) is 16.7 Å². The lowest BCUT2D eigenvalue weighted by molar-refractivity contribution is -0.142. The van der Waals surface area contributed by atoms with Crippen molar-refractivity contribution in [3.8, 4) is 16.9 Å². The first-order chi connectivity index (χ1) is 28.6. The molecule has 0 unspecified atom stereocenters. The lowest BCUT2D eigenvalue weighted by atomic mass is 9.97. The molecule has 5 aromatic rings. The van der Waals surface area contributed by atoms with Gasteiger partial charge in [0, 0.05) is 49.9 Å². The van der Waals surface area contributed by atoms with E-state index < -0.39 is 35.9 Å². The van der Waals surface area contributed by atoms with Gasteiger partial charge in [-0.1, -0.05) is 54.2 Å². The third-order valence-corrected chi connectivity index (χ3v) is 11.9. The number of carbonyl (C=O) groups excluding carboxylic acids is 3. The summed E-state index contributed by atoms with van der Waals surface area (Å²) in [5, 5.41) is 20.8. The highest BCUT2D eigenvalue weighted by molar-refractivity contribution is 7.99. The number of nitrogens with one attached hydrogen (secondary N) is 4. The zero-order valence-corrected chi connectivity index (χ0v) is 34.1. The van der Waals surface area contributed by atoms with Gasteiger partial charge in [0.2, 0.25) is 17.7 Å². The SMILES string of the molecule is COc1ccc(-c2ccc(C(=O)O)cc2)c2c1Sc1ncccc1CN[C@@H](CCCN)C(=O)N[C@@H](CCCCN)C(=O)N(C)[C@@H](Cc1c[nH]c3ccccc13)C(=O)NC2. The van der Waals surface area contributed by atoms with Gasteiger partial charge >= 0.3 is 5.97 Å². The lowest BCUT2D eigenvalue weighted by Gasteiger charge is -2.32. The van der Waals surface area contributed by atoms with Crippen LogP contribution in [0.1, 0.15) is 59.2 Å². The normalized spacial score (nSPS) is 18.1. The van der Waals surface area contributed by atoms with Crippen molar-refractivity contribution in [1.29, 1.82) is 0 Å². The van der Waals surface area contributed by atoms with Gasteiger partial charge in [-0.25, -0.2) is 9.78 Å². The summed E-state index contributed by atoms with van der Waals surface area (Å²) in [6, 6.07) is 19.2. The highest BCUT2D eigenvalue weighted by Crippen LogP contribution is 2.42. The first-order valence-corrected chi connectivity index (χ1v) is 20.6. The van der Waals surface area contributed by atoms with E-state index in [2.05, 4.69) is 20.9 Å². The van der Waals surface area contributed by atoms with Gasteiger partial charge in [0.15, 0.2) is 0 Å². The Morgan fingerprint density at radius 2 is 1.68 bits per heavy atom. The largest absolute Gasteiger partial charge is 0.496 e. The summed E-state index contributed by atoms with van der Waals surface area (Å²) in [4.78, 5) is 65.5. The number of amides is 3. The summed E-state index contributed by atoms with van der Waals surface area (Å²) < 4.78 is 5.93. The standard InChI is InChI=1S/C44H52N8O6S/c1-52-37(23-30-25-48-34-11-4-3-10-32(30)34)41(54)50-26-33-31(27-14-16-28(17-15-27)44(56)57)18-19-38(58-2)39(33)59-42-29(9-8-22-47-42)24-49-35(13-7-21-46)40(53)51-36(43(52)55)12-5-6-20-45/h3-4,8-11,14-19,22,25,35-37,48-49H,5-7,12-13,20-21,23-24,26,45-46H2,1-2H3,(H,50,54)(H,51,53)(H,56,57)/t35-,36-,37-/m0/s1. The van der Waals surface area contributed by atoms with Gasteiger partial charge in [0.05, 0.1) is 23.6 Å². The molecule has 0 spiro atoms. The Bertz CT molecular complexity index is 2260. The number of fused-ring (bicyclic) bond motifs is 3. The van der Waals surface area contributed by atoms with Gasteiger partial charge in [0.1, 0.15) is 22.9 Å². The maximum Gasteiger partial charge on any atom is 0.335 e. The van der Waals surface area contributed by atoms with Crippen LogP contribution in [0, 0.1) is 0 Å². The Balaban J connectivity index is 1.49. The number of carbonyl (C=O) groups is 4. The van der Waals surface area contributed by atoms with Crippen molar-refractivity contribution in [3.63, 3.8) is 0 Å². The molecule has 2 aromatic heterocycles. The Morgan fingerprint density at radius 1 is 0.915 bits per heavy atom. The number of nitrogens with two attached hydrogens (primary N) is 2. The van der Waals surface area contributed by atoms with E-state index in [9.17, 15) is 24.3 Å². The molecule has 310 valence electrons. The second kappa shape index (κ2) is 20.3. The number of hydrogen-bond donors (Lipinski definition) is 7. The third-order valence-electron chi connectivity index (χ3n) is 10.7. The van der Waals surface area contributed by atoms with Crippen LogP contribution in [0.4, 0.5) is 0 Å². The first-order valence-electron chi connectivity index (χ1n) is 19.8. The van der Waals surface area contributed by atoms with Crippen molar-refractivity contribution in [2.75, 3.05) is 27.2 Å². The number of ether oxygens (including phenoxy) is 1. The fraction of sp³-hybridized carbons (Fsp3) is 0.341. The van der Waals surface area contributed by atoms with Crippen LogP contribution in [-0.4, -0.2) is 89.0 Å². The third kappa shape index (κ3) is 10.3. The van der Waals surface area contributed by atoms with Crippen LogP contribution in [0.5, 0.6) is 5.75 Å². The highest BCUT2D eigenvalue weighted by Gasteiger charge is 2.34. The topological polar surface area (TPSA) is 218 Å². The minimum Gasteiger partial charge on any atom is -0.496 e. The molecule has 15 heteroatoms. The number of unbranched alkanes of at least 4 members (excludes halogenated alkanes) is 1. The van der Waals surface area contributed by atoms with E-state index >= 15 is 0 Å². The summed E-state index contributed by atoms with van der Waals surface area (Å²) in [7, 11) is 3.17. The second-order valence-corrected chi connectivity index (χ2v) is 15.5. The van der Waals surface area contributed by atoms with Crippen LogP contribution < -0.4 is 32.2 Å². The van der Waals surface area contributed by atoms with E-state index in [0.717, 1.165) is 33.2 Å². The monoisotopic (exact) mass is 820 g/mol. The molecule has 0 saturated heterocycles. The van der Waals surface area contributed by atoms with E-state index in [1.807, 2.05) is 54.7 Å². The molecule has 0 aliphatic carbocycles. The predicted octanol–water partition coefficient (Wildman–Crippen LogP) is 4.60. The molecule has 0 bridgehead atoms. The van der Waals surface area contributed by atoms with Crippen LogP contribution >= 0.6 is 11.8 Å². The van der Waals surface area contributed by atoms with Crippen molar-refractivity contribution >= 4 is 46.4 Å². The number of hydrogen-bond acceptors (Lipinski definition) is 10. The summed E-state index contributed by atoms with van der Waals surface area (Å²) in [5.74, 6) is -1.66. The maximum atomic E-state index is 14.8. The Kier molecular flexibility index (Phi) is 14.7. The fourth-order valence-corrected chi connectivity index (χ4v) is 8.51. The highest BCUT2D eigenvalue weighted by atomic mass is 32.2. The molecule has 3 amide bonds. The molecule has 59 heavy (non-hydrogen) atoms. The molecule has 0 saturated carbocycles. The molecule has 3 heterocycles. The van der Waals surface area contributed by atoms with Crippen molar-refractivity contribution < 1.29 is 29.0 Å². The lowest BCUT2D eigenvalue weighted by Crippen LogP contribution is -2.57. The minimum absolute atomic E-state index is 0.0268. The molecular weight excluding hydrogens is 769 g/mol. The van der Waals surface area contributed by atoms with Gasteiger partial charge in [-0.2, -0.15) is 0 Å². The number of likely N-dealkylation sites (N-methyl/N-ethyl adjacent to an activating group) is 1.